The maximum absolute atomic E-state index is 12.5. The predicted molar refractivity (Wildman–Crippen MR) is 67.0 cm³/mol. The molecule has 0 saturated carbocycles. The van der Waals surface area contributed by atoms with Crippen LogP contribution in [0, 0.1) is 0 Å². The second-order valence-electron chi connectivity index (χ2n) is 5.20. The van der Waals surface area contributed by atoms with Crippen LogP contribution in [-0.4, -0.2) is 47.6 Å². The van der Waals surface area contributed by atoms with Crippen LogP contribution in [0.15, 0.2) is 0 Å². The second-order valence-corrected chi connectivity index (χ2v) is 5.20. The van der Waals surface area contributed by atoms with E-state index in [9.17, 15) is 9.59 Å². The van der Waals surface area contributed by atoms with Gasteiger partial charge in [0.15, 0.2) is 0 Å². The minimum atomic E-state index is -0.389. The van der Waals surface area contributed by atoms with Crippen LogP contribution in [-0.2, 0) is 14.3 Å². The molecule has 5 nitrogen and oxygen atoms in total. The van der Waals surface area contributed by atoms with E-state index in [2.05, 4.69) is 5.32 Å². The van der Waals surface area contributed by atoms with Crippen LogP contribution in [0.5, 0.6) is 0 Å². The molecule has 2 aliphatic heterocycles. The number of ether oxygens (including phenoxy) is 1. The molecule has 2 rings (SSSR count). The topological polar surface area (TPSA) is 58.6 Å². The Balaban J connectivity index is 2.19. The molecule has 2 fully saturated rings. The standard InChI is InChI=1S/C13H22N2O3/c1-4-5-10-13(17)15(8(2)12(16)14-10)11-6-7-18-9(11)3/h8-11H,4-7H2,1-3H3,(H,14,16). The monoisotopic (exact) mass is 254 g/mol. The highest BCUT2D eigenvalue weighted by Gasteiger charge is 2.44. The van der Waals surface area contributed by atoms with Gasteiger partial charge in [-0.2, -0.15) is 0 Å². The summed E-state index contributed by atoms with van der Waals surface area (Å²) in [6.45, 7) is 6.45. The van der Waals surface area contributed by atoms with Gasteiger partial charge in [-0.1, -0.05) is 13.3 Å². The Morgan fingerprint density at radius 2 is 2.11 bits per heavy atom. The molecule has 2 amide bonds. The number of nitrogens with zero attached hydrogens (tertiary/aromatic N) is 1. The zero-order chi connectivity index (χ0) is 13.3. The van der Waals surface area contributed by atoms with Crippen LogP contribution in [0.1, 0.15) is 40.0 Å². The molecular weight excluding hydrogens is 232 g/mol. The smallest absolute Gasteiger partial charge is 0.246 e. The number of nitrogens with one attached hydrogen (secondary N) is 1. The van der Waals surface area contributed by atoms with Gasteiger partial charge in [0.2, 0.25) is 11.8 Å². The normalized spacial score (nSPS) is 36.9. The average Bonchev–Trinajstić information content (AvgIpc) is 2.73. The van der Waals surface area contributed by atoms with Crippen molar-refractivity contribution in [3.63, 3.8) is 0 Å². The van der Waals surface area contributed by atoms with Crippen molar-refractivity contribution in [1.82, 2.24) is 10.2 Å². The van der Waals surface area contributed by atoms with Crippen molar-refractivity contribution >= 4 is 11.8 Å². The third-order valence-electron chi connectivity index (χ3n) is 3.94. The van der Waals surface area contributed by atoms with E-state index < -0.39 is 0 Å². The molecule has 2 saturated heterocycles. The van der Waals surface area contributed by atoms with Crippen molar-refractivity contribution < 1.29 is 14.3 Å². The van der Waals surface area contributed by atoms with Gasteiger partial charge < -0.3 is 15.0 Å². The van der Waals surface area contributed by atoms with E-state index in [4.69, 9.17) is 4.74 Å². The first kappa shape index (κ1) is 13.3. The second kappa shape index (κ2) is 5.26. The molecule has 1 N–H and O–H groups in total. The lowest BCUT2D eigenvalue weighted by molar-refractivity contribution is -0.152. The van der Waals surface area contributed by atoms with E-state index in [1.165, 1.54) is 0 Å². The van der Waals surface area contributed by atoms with E-state index in [1.807, 2.05) is 13.8 Å². The molecule has 0 bridgehead atoms. The number of carbonyl (C=O) groups excluding carboxylic acids is 2. The summed E-state index contributed by atoms with van der Waals surface area (Å²) in [6.07, 6.45) is 2.43. The van der Waals surface area contributed by atoms with E-state index in [0.29, 0.717) is 13.0 Å². The first-order chi connectivity index (χ1) is 8.56. The van der Waals surface area contributed by atoms with E-state index in [1.54, 1.807) is 11.8 Å². The van der Waals surface area contributed by atoms with Gasteiger partial charge >= 0.3 is 0 Å². The summed E-state index contributed by atoms with van der Waals surface area (Å²) in [5.41, 5.74) is 0. The lowest BCUT2D eigenvalue weighted by Gasteiger charge is -2.41. The highest BCUT2D eigenvalue weighted by atomic mass is 16.5. The zero-order valence-corrected chi connectivity index (χ0v) is 11.3. The zero-order valence-electron chi connectivity index (χ0n) is 11.3. The van der Waals surface area contributed by atoms with Gasteiger partial charge in [-0.3, -0.25) is 9.59 Å². The van der Waals surface area contributed by atoms with Gasteiger partial charge in [0.05, 0.1) is 12.1 Å². The Morgan fingerprint density at radius 1 is 1.39 bits per heavy atom. The molecule has 0 radical (unpaired) electrons. The molecule has 0 aliphatic carbocycles. The number of hydrogen-bond donors (Lipinski definition) is 1. The highest BCUT2D eigenvalue weighted by Crippen LogP contribution is 2.25. The SMILES string of the molecule is CCCC1NC(=O)C(C)N(C2CCOC2C)C1=O. The van der Waals surface area contributed by atoms with Crippen molar-refractivity contribution in [2.24, 2.45) is 0 Å². The quantitative estimate of drug-likeness (QED) is 0.805. The maximum atomic E-state index is 12.5. The fourth-order valence-corrected chi connectivity index (χ4v) is 2.87. The van der Waals surface area contributed by atoms with Crippen LogP contribution in [0.4, 0.5) is 0 Å². The Hall–Kier alpha value is -1.10. The van der Waals surface area contributed by atoms with Gasteiger partial charge in [0, 0.05) is 6.61 Å². The summed E-state index contributed by atoms with van der Waals surface area (Å²) in [7, 11) is 0. The molecule has 0 spiro atoms. The lowest BCUT2D eigenvalue weighted by Crippen LogP contribution is -2.65. The molecule has 102 valence electrons. The Bertz CT molecular complexity index is 345. The fraction of sp³-hybridized carbons (Fsp3) is 0.846. The van der Waals surface area contributed by atoms with Crippen LogP contribution >= 0.6 is 0 Å². The Kier molecular flexibility index (Phi) is 3.90. The molecule has 0 aromatic rings. The largest absolute Gasteiger partial charge is 0.376 e. The molecule has 5 heteroatoms. The number of rotatable bonds is 3. The first-order valence-corrected chi connectivity index (χ1v) is 6.80. The number of carbonyl (C=O) groups is 2. The molecule has 2 heterocycles. The Labute approximate surface area is 108 Å². The van der Waals surface area contributed by atoms with Crippen LogP contribution in [0.2, 0.25) is 0 Å². The van der Waals surface area contributed by atoms with Crippen molar-refractivity contribution in [2.45, 2.75) is 64.3 Å². The first-order valence-electron chi connectivity index (χ1n) is 6.80. The third kappa shape index (κ3) is 2.23. The van der Waals surface area contributed by atoms with Crippen molar-refractivity contribution in [1.29, 1.82) is 0 Å². The minimum absolute atomic E-state index is 0.0181. The van der Waals surface area contributed by atoms with Gasteiger partial charge in [-0.25, -0.2) is 0 Å². The molecule has 18 heavy (non-hydrogen) atoms. The highest BCUT2D eigenvalue weighted by molar-refractivity contribution is 5.96. The number of hydrogen-bond acceptors (Lipinski definition) is 3. The summed E-state index contributed by atoms with van der Waals surface area (Å²) in [5.74, 6) is -0.00144. The third-order valence-corrected chi connectivity index (χ3v) is 3.94. The fourth-order valence-electron chi connectivity index (χ4n) is 2.87. The van der Waals surface area contributed by atoms with Gasteiger partial charge in [0.25, 0.3) is 0 Å². The number of amides is 2. The Morgan fingerprint density at radius 3 is 2.67 bits per heavy atom. The van der Waals surface area contributed by atoms with Gasteiger partial charge in [-0.15, -0.1) is 0 Å². The lowest BCUT2D eigenvalue weighted by atomic mass is 9.99. The minimum Gasteiger partial charge on any atom is -0.376 e. The van der Waals surface area contributed by atoms with Gasteiger partial charge in [-0.05, 0) is 26.7 Å². The molecule has 2 aliphatic rings. The van der Waals surface area contributed by atoms with Crippen LogP contribution < -0.4 is 5.32 Å². The summed E-state index contributed by atoms with van der Waals surface area (Å²) in [4.78, 5) is 26.2. The van der Waals surface area contributed by atoms with E-state index in [0.717, 1.165) is 12.8 Å². The van der Waals surface area contributed by atoms with Gasteiger partial charge in [0.1, 0.15) is 12.1 Å². The molecule has 0 aromatic heterocycles. The summed E-state index contributed by atoms with van der Waals surface area (Å²) in [6, 6.07) is -0.704. The average molecular weight is 254 g/mol. The van der Waals surface area contributed by atoms with E-state index in [-0.39, 0.29) is 36.0 Å². The predicted octanol–water partition coefficient (Wildman–Crippen LogP) is 0.679. The van der Waals surface area contributed by atoms with Crippen LogP contribution in [0.25, 0.3) is 0 Å². The maximum Gasteiger partial charge on any atom is 0.246 e. The van der Waals surface area contributed by atoms with Crippen molar-refractivity contribution in [2.75, 3.05) is 6.61 Å². The molecule has 0 aromatic carbocycles. The van der Waals surface area contributed by atoms with Crippen molar-refractivity contribution in [3.05, 3.63) is 0 Å². The van der Waals surface area contributed by atoms with Crippen molar-refractivity contribution in [3.8, 4) is 0 Å². The molecule has 4 atom stereocenters. The summed E-state index contributed by atoms with van der Waals surface area (Å²) in [5, 5.41) is 2.81. The van der Waals surface area contributed by atoms with Crippen LogP contribution in [0.3, 0.4) is 0 Å². The molecular formula is C13H22N2O3. The molecule has 4 unspecified atom stereocenters. The summed E-state index contributed by atoms with van der Waals surface area (Å²) < 4.78 is 5.52. The summed E-state index contributed by atoms with van der Waals surface area (Å²) >= 11 is 0. The number of piperazine rings is 1. The van der Waals surface area contributed by atoms with E-state index >= 15 is 0 Å².